The number of nitrogens with one attached hydrogen (secondary N) is 2. The van der Waals surface area contributed by atoms with Crippen LogP contribution in [-0.4, -0.2) is 22.6 Å². The van der Waals surface area contributed by atoms with Gasteiger partial charge in [-0.05, 0) is 36.5 Å². The summed E-state index contributed by atoms with van der Waals surface area (Å²) in [6.45, 7) is 0.290. The number of amides is 1. The second kappa shape index (κ2) is 7.22. The summed E-state index contributed by atoms with van der Waals surface area (Å²) < 4.78 is 13.5. The van der Waals surface area contributed by atoms with E-state index < -0.39 is 0 Å². The number of para-hydroxylation sites is 1. The zero-order chi connectivity index (χ0) is 18.8. The largest absolute Gasteiger partial charge is 0.451 e. The van der Waals surface area contributed by atoms with Crippen LogP contribution >= 0.6 is 12.2 Å². The van der Waals surface area contributed by atoms with E-state index in [2.05, 4.69) is 10.3 Å². The summed E-state index contributed by atoms with van der Waals surface area (Å²) in [6.07, 6.45) is 3.60. The zero-order valence-electron chi connectivity index (χ0n) is 14.6. The average Bonchev–Trinajstić information content (AvgIpc) is 3.26. The summed E-state index contributed by atoms with van der Waals surface area (Å²) in [5.41, 5.74) is 2.88. The molecule has 0 spiro atoms. The fourth-order valence-electron chi connectivity index (χ4n) is 3.01. The highest BCUT2D eigenvalue weighted by molar-refractivity contribution is 7.71. The number of carbonyl (C=O) groups is 1. The van der Waals surface area contributed by atoms with Gasteiger partial charge in [0.1, 0.15) is 5.58 Å². The zero-order valence-corrected chi connectivity index (χ0v) is 15.4. The van der Waals surface area contributed by atoms with Crippen LogP contribution in [0, 0.1) is 4.77 Å². The summed E-state index contributed by atoms with van der Waals surface area (Å²) in [7, 11) is 1.59. The van der Waals surface area contributed by atoms with Crippen LogP contribution in [0.5, 0.6) is 0 Å². The minimum Gasteiger partial charge on any atom is -0.451 e. The van der Waals surface area contributed by atoms with Gasteiger partial charge in [-0.2, -0.15) is 0 Å². The molecule has 2 aromatic carbocycles. The topological polar surface area (TPSA) is 72.2 Å². The molecule has 0 bridgehead atoms. The molecular formula is C20H17N3O3S. The monoisotopic (exact) mass is 379 g/mol. The molecule has 0 aliphatic heterocycles. The molecule has 0 unspecified atom stereocenters. The maximum Gasteiger partial charge on any atom is 0.291 e. The first-order valence-electron chi connectivity index (χ1n) is 8.34. The Morgan fingerprint density at radius 3 is 2.89 bits per heavy atom. The molecule has 2 heterocycles. The third-order valence-electron chi connectivity index (χ3n) is 4.22. The van der Waals surface area contributed by atoms with Gasteiger partial charge in [-0.1, -0.05) is 24.3 Å². The lowest BCUT2D eigenvalue weighted by Gasteiger charge is -2.08. The molecule has 27 heavy (non-hydrogen) atoms. The van der Waals surface area contributed by atoms with Crippen LogP contribution in [0.15, 0.2) is 65.3 Å². The predicted octanol–water partition coefficient (Wildman–Crippen LogP) is 4.68. The maximum absolute atomic E-state index is 12.9. The summed E-state index contributed by atoms with van der Waals surface area (Å²) in [4.78, 5) is 15.8. The Morgan fingerprint density at radius 1 is 1.26 bits per heavy atom. The number of rotatable bonds is 5. The number of imidazole rings is 1. The van der Waals surface area contributed by atoms with E-state index >= 15 is 0 Å². The number of nitrogens with zero attached hydrogens (tertiary/aromatic N) is 1. The highest BCUT2D eigenvalue weighted by Gasteiger charge is 2.20. The van der Waals surface area contributed by atoms with Crippen LogP contribution in [0.2, 0.25) is 0 Å². The molecule has 0 atom stereocenters. The fourth-order valence-corrected chi connectivity index (χ4v) is 3.25. The van der Waals surface area contributed by atoms with Crippen molar-refractivity contribution in [1.29, 1.82) is 0 Å². The molecule has 1 amide bonds. The van der Waals surface area contributed by atoms with Crippen LogP contribution < -0.4 is 5.32 Å². The second-order valence-corrected chi connectivity index (χ2v) is 6.37. The molecule has 0 saturated carbocycles. The number of aromatic nitrogens is 2. The van der Waals surface area contributed by atoms with Gasteiger partial charge in [-0.25, -0.2) is 0 Å². The first-order valence-corrected chi connectivity index (χ1v) is 8.75. The SMILES string of the molecule is COCc1c(C(=O)Nc2cccc(-n3cc[nH]c3=S)c2)oc2ccccc12. The Bertz CT molecular complexity index is 1170. The standard InChI is InChI=1S/C20H17N3O3S/c1-25-12-16-15-7-2-3-8-17(15)26-18(16)19(24)22-13-5-4-6-14(11-13)23-10-9-21-20(23)27/h2-11H,12H2,1H3,(H,21,27)(H,22,24). The van der Waals surface area contributed by atoms with E-state index in [-0.39, 0.29) is 18.3 Å². The van der Waals surface area contributed by atoms with Gasteiger partial charge < -0.3 is 19.5 Å². The van der Waals surface area contributed by atoms with Gasteiger partial charge >= 0.3 is 0 Å². The lowest BCUT2D eigenvalue weighted by molar-refractivity contribution is 0.0992. The number of hydrogen-bond acceptors (Lipinski definition) is 4. The third kappa shape index (κ3) is 3.30. The molecule has 0 aliphatic rings. The van der Waals surface area contributed by atoms with E-state index in [1.54, 1.807) is 13.3 Å². The first kappa shape index (κ1) is 17.3. The molecular weight excluding hydrogens is 362 g/mol. The number of hydrogen-bond donors (Lipinski definition) is 2. The van der Waals surface area contributed by atoms with E-state index in [1.807, 2.05) is 59.3 Å². The summed E-state index contributed by atoms with van der Waals surface area (Å²) in [6, 6.07) is 15.0. The van der Waals surface area contributed by atoms with Crippen molar-refractivity contribution in [2.75, 3.05) is 12.4 Å². The number of aromatic amines is 1. The van der Waals surface area contributed by atoms with Gasteiger partial charge in [0.25, 0.3) is 5.91 Å². The quantitative estimate of drug-likeness (QED) is 0.494. The Hall–Kier alpha value is -3.16. The van der Waals surface area contributed by atoms with Gasteiger partial charge in [0, 0.05) is 41.8 Å². The first-order chi connectivity index (χ1) is 13.2. The molecule has 0 saturated heterocycles. The van der Waals surface area contributed by atoms with Crippen LogP contribution in [0.3, 0.4) is 0 Å². The van der Waals surface area contributed by atoms with E-state index in [1.165, 1.54) is 0 Å². The molecule has 6 nitrogen and oxygen atoms in total. The van der Waals surface area contributed by atoms with Crippen molar-refractivity contribution in [1.82, 2.24) is 9.55 Å². The number of methoxy groups -OCH3 is 1. The average molecular weight is 379 g/mol. The highest BCUT2D eigenvalue weighted by Crippen LogP contribution is 2.27. The summed E-state index contributed by atoms with van der Waals surface area (Å²) in [5, 5.41) is 3.77. The number of furan rings is 1. The van der Waals surface area contributed by atoms with Gasteiger partial charge in [0.15, 0.2) is 10.5 Å². The van der Waals surface area contributed by atoms with E-state index in [9.17, 15) is 4.79 Å². The second-order valence-electron chi connectivity index (χ2n) is 5.98. The molecule has 2 aromatic heterocycles. The lowest BCUT2D eigenvalue weighted by atomic mass is 10.1. The molecule has 0 fully saturated rings. The van der Waals surface area contributed by atoms with Crippen LogP contribution in [-0.2, 0) is 11.3 Å². The maximum atomic E-state index is 12.9. The Balaban J connectivity index is 1.67. The van der Waals surface area contributed by atoms with Crippen molar-refractivity contribution in [3.8, 4) is 5.69 Å². The molecule has 0 aliphatic carbocycles. The third-order valence-corrected chi connectivity index (χ3v) is 4.54. The minimum atomic E-state index is -0.326. The molecule has 4 aromatic rings. The van der Waals surface area contributed by atoms with Gasteiger partial charge in [-0.3, -0.25) is 9.36 Å². The normalized spacial score (nSPS) is 11.0. The Kier molecular flexibility index (Phi) is 4.62. The van der Waals surface area contributed by atoms with Crippen molar-refractivity contribution in [3.63, 3.8) is 0 Å². The molecule has 0 radical (unpaired) electrons. The number of benzene rings is 2. The van der Waals surface area contributed by atoms with Crippen molar-refractivity contribution in [2.24, 2.45) is 0 Å². The van der Waals surface area contributed by atoms with Crippen molar-refractivity contribution < 1.29 is 13.9 Å². The predicted molar refractivity (Wildman–Crippen MR) is 106 cm³/mol. The fraction of sp³-hybridized carbons (Fsp3) is 0.100. The van der Waals surface area contributed by atoms with E-state index in [0.717, 1.165) is 16.6 Å². The number of ether oxygens (including phenoxy) is 1. The van der Waals surface area contributed by atoms with Gasteiger partial charge in [-0.15, -0.1) is 0 Å². The highest BCUT2D eigenvalue weighted by atomic mass is 32.1. The summed E-state index contributed by atoms with van der Waals surface area (Å²) >= 11 is 5.25. The lowest BCUT2D eigenvalue weighted by Crippen LogP contribution is -2.13. The Labute approximate surface area is 160 Å². The molecule has 136 valence electrons. The van der Waals surface area contributed by atoms with Gasteiger partial charge in [0.05, 0.1) is 6.61 Å². The Morgan fingerprint density at radius 2 is 2.11 bits per heavy atom. The van der Waals surface area contributed by atoms with Crippen LogP contribution in [0.1, 0.15) is 16.1 Å². The minimum absolute atomic E-state index is 0.252. The number of carbonyl (C=O) groups excluding carboxylic acids is 1. The van der Waals surface area contributed by atoms with Gasteiger partial charge in [0.2, 0.25) is 0 Å². The smallest absolute Gasteiger partial charge is 0.291 e. The molecule has 4 rings (SSSR count). The van der Waals surface area contributed by atoms with Crippen molar-refractivity contribution in [2.45, 2.75) is 6.61 Å². The van der Waals surface area contributed by atoms with E-state index in [0.29, 0.717) is 16.0 Å². The summed E-state index contributed by atoms with van der Waals surface area (Å²) in [5.74, 6) is -0.0743. The van der Waals surface area contributed by atoms with Crippen LogP contribution in [0.4, 0.5) is 5.69 Å². The number of anilines is 1. The molecule has 7 heteroatoms. The molecule has 2 N–H and O–H groups in total. The van der Waals surface area contributed by atoms with E-state index in [4.69, 9.17) is 21.4 Å². The van der Waals surface area contributed by atoms with Crippen molar-refractivity contribution in [3.05, 3.63) is 77.0 Å². The number of H-pyrrole nitrogens is 1. The van der Waals surface area contributed by atoms with Crippen molar-refractivity contribution >= 4 is 34.8 Å². The van der Waals surface area contributed by atoms with Crippen LogP contribution in [0.25, 0.3) is 16.7 Å². The number of fused-ring (bicyclic) bond motifs is 1.